The third-order valence-corrected chi connectivity index (χ3v) is 2.63. The van der Waals surface area contributed by atoms with Gasteiger partial charge in [-0.15, -0.1) is 11.3 Å². The Kier molecular flexibility index (Phi) is 7.17. The minimum atomic E-state index is 1.27. The molecule has 0 atom stereocenters. The molecule has 0 N–H and O–H groups in total. The number of rotatable bonds is 3. The molecule has 0 aliphatic carbocycles. The predicted molar refractivity (Wildman–Crippen MR) is 59.0 cm³/mol. The molecule has 0 bridgehead atoms. The van der Waals surface area contributed by atoms with Gasteiger partial charge in [0.25, 0.3) is 0 Å². The maximum Gasteiger partial charge on any atom is 0.00480 e. The molecule has 0 fully saturated rings. The van der Waals surface area contributed by atoms with Crippen LogP contribution >= 0.6 is 11.3 Å². The zero-order valence-electron chi connectivity index (χ0n) is 8.68. The smallest absolute Gasteiger partial charge is 0.00480 e. The second-order valence-corrected chi connectivity index (χ2v) is 3.99. The SMILES string of the molecule is CC.CCCCc1ccc(C)s1. The Morgan fingerprint density at radius 3 is 2.33 bits per heavy atom. The molecule has 1 rings (SSSR count). The van der Waals surface area contributed by atoms with Gasteiger partial charge in [0.15, 0.2) is 0 Å². The quantitative estimate of drug-likeness (QED) is 0.652. The van der Waals surface area contributed by atoms with Crippen LogP contribution in [0, 0.1) is 6.92 Å². The number of hydrogen-bond acceptors (Lipinski definition) is 1. The number of unbranched alkanes of at least 4 members (excludes halogenated alkanes) is 1. The molecule has 1 heteroatoms. The largest absolute Gasteiger partial charge is 0.146 e. The van der Waals surface area contributed by atoms with Gasteiger partial charge in [-0.05, 0) is 31.9 Å². The first-order chi connectivity index (χ1) is 5.83. The molecule has 0 aliphatic heterocycles. The first-order valence-electron chi connectivity index (χ1n) is 4.88. The average molecular weight is 184 g/mol. The van der Waals surface area contributed by atoms with Gasteiger partial charge in [-0.1, -0.05) is 27.2 Å². The fraction of sp³-hybridized carbons (Fsp3) is 0.636. The molecule has 1 aromatic rings. The van der Waals surface area contributed by atoms with Crippen LogP contribution in [0.15, 0.2) is 12.1 Å². The van der Waals surface area contributed by atoms with Crippen molar-refractivity contribution in [1.82, 2.24) is 0 Å². The van der Waals surface area contributed by atoms with Crippen LogP contribution in [0.1, 0.15) is 43.4 Å². The summed E-state index contributed by atoms with van der Waals surface area (Å²) in [5.74, 6) is 0. The van der Waals surface area contributed by atoms with Gasteiger partial charge in [0.05, 0.1) is 0 Å². The summed E-state index contributed by atoms with van der Waals surface area (Å²) in [7, 11) is 0. The minimum Gasteiger partial charge on any atom is -0.146 e. The summed E-state index contributed by atoms with van der Waals surface area (Å²) in [5, 5.41) is 0. The van der Waals surface area contributed by atoms with Crippen LogP contribution in [0.25, 0.3) is 0 Å². The molecule has 1 aromatic heterocycles. The summed E-state index contributed by atoms with van der Waals surface area (Å²) in [6.45, 7) is 8.40. The van der Waals surface area contributed by atoms with Crippen molar-refractivity contribution in [2.75, 3.05) is 0 Å². The maximum absolute atomic E-state index is 2.25. The molecule has 0 saturated carbocycles. The zero-order valence-corrected chi connectivity index (χ0v) is 9.50. The van der Waals surface area contributed by atoms with Gasteiger partial charge in [-0.25, -0.2) is 0 Å². The van der Waals surface area contributed by atoms with Gasteiger partial charge in [0.1, 0.15) is 0 Å². The Labute approximate surface area is 80.6 Å². The molecule has 0 radical (unpaired) electrons. The van der Waals surface area contributed by atoms with Crippen LogP contribution in [-0.2, 0) is 6.42 Å². The summed E-state index contributed by atoms with van der Waals surface area (Å²) >= 11 is 1.93. The summed E-state index contributed by atoms with van der Waals surface area (Å²) in [6, 6.07) is 4.45. The van der Waals surface area contributed by atoms with E-state index in [2.05, 4.69) is 26.0 Å². The normalized spacial score (nSPS) is 9.00. The lowest BCUT2D eigenvalue weighted by atomic mass is 10.2. The number of aryl methyl sites for hydroxylation is 2. The van der Waals surface area contributed by atoms with Crippen LogP contribution in [0.2, 0.25) is 0 Å². The Morgan fingerprint density at radius 2 is 1.92 bits per heavy atom. The Bertz CT molecular complexity index is 189. The third-order valence-electron chi connectivity index (χ3n) is 1.57. The predicted octanol–water partition coefficient (Wildman–Crippen LogP) is 4.43. The lowest BCUT2D eigenvalue weighted by molar-refractivity contribution is 0.804. The van der Waals surface area contributed by atoms with Crippen molar-refractivity contribution in [2.45, 2.75) is 47.0 Å². The van der Waals surface area contributed by atoms with Crippen molar-refractivity contribution in [2.24, 2.45) is 0 Å². The monoisotopic (exact) mass is 184 g/mol. The summed E-state index contributed by atoms with van der Waals surface area (Å²) < 4.78 is 0. The topological polar surface area (TPSA) is 0 Å². The van der Waals surface area contributed by atoms with Crippen LogP contribution < -0.4 is 0 Å². The van der Waals surface area contributed by atoms with Gasteiger partial charge in [-0.2, -0.15) is 0 Å². The molecule has 0 unspecified atom stereocenters. The van der Waals surface area contributed by atoms with Crippen molar-refractivity contribution in [3.05, 3.63) is 21.9 Å². The molecule has 70 valence electrons. The van der Waals surface area contributed by atoms with Crippen molar-refractivity contribution >= 4 is 11.3 Å². The molecule has 0 aliphatic rings. The van der Waals surface area contributed by atoms with E-state index < -0.39 is 0 Å². The van der Waals surface area contributed by atoms with Gasteiger partial charge in [0.2, 0.25) is 0 Å². The Balaban J connectivity index is 0.000000561. The van der Waals surface area contributed by atoms with Gasteiger partial charge < -0.3 is 0 Å². The van der Waals surface area contributed by atoms with E-state index in [1.54, 1.807) is 4.88 Å². The molecular formula is C11H20S. The van der Waals surface area contributed by atoms with Gasteiger partial charge in [-0.3, -0.25) is 0 Å². The Hall–Kier alpha value is -0.300. The van der Waals surface area contributed by atoms with E-state index >= 15 is 0 Å². The summed E-state index contributed by atoms with van der Waals surface area (Å²) in [6.07, 6.45) is 3.91. The minimum absolute atomic E-state index is 1.27. The van der Waals surface area contributed by atoms with Crippen molar-refractivity contribution in [3.8, 4) is 0 Å². The molecule has 0 spiro atoms. The van der Waals surface area contributed by atoms with Crippen molar-refractivity contribution in [3.63, 3.8) is 0 Å². The number of thiophene rings is 1. The summed E-state index contributed by atoms with van der Waals surface area (Å²) in [4.78, 5) is 2.98. The molecular weight excluding hydrogens is 164 g/mol. The first-order valence-corrected chi connectivity index (χ1v) is 5.70. The van der Waals surface area contributed by atoms with E-state index in [1.807, 2.05) is 25.2 Å². The highest BCUT2D eigenvalue weighted by Crippen LogP contribution is 2.16. The van der Waals surface area contributed by atoms with E-state index in [-0.39, 0.29) is 0 Å². The molecule has 0 nitrogen and oxygen atoms in total. The molecule has 0 saturated heterocycles. The van der Waals surface area contributed by atoms with Crippen LogP contribution in [0.4, 0.5) is 0 Å². The van der Waals surface area contributed by atoms with E-state index in [9.17, 15) is 0 Å². The second kappa shape index (κ2) is 7.35. The number of hydrogen-bond donors (Lipinski definition) is 0. The van der Waals surface area contributed by atoms with E-state index in [0.717, 1.165) is 0 Å². The van der Waals surface area contributed by atoms with Crippen molar-refractivity contribution < 1.29 is 0 Å². The molecule has 0 amide bonds. The van der Waals surface area contributed by atoms with Crippen molar-refractivity contribution in [1.29, 1.82) is 0 Å². The average Bonchev–Trinajstić information content (AvgIpc) is 2.51. The van der Waals surface area contributed by atoms with Gasteiger partial charge >= 0.3 is 0 Å². The van der Waals surface area contributed by atoms with Crippen LogP contribution in [0.3, 0.4) is 0 Å². The lowest BCUT2D eigenvalue weighted by Gasteiger charge is -1.91. The van der Waals surface area contributed by atoms with E-state index in [1.165, 1.54) is 24.1 Å². The summed E-state index contributed by atoms with van der Waals surface area (Å²) in [5.41, 5.74) is 0. The zero-order chi connectivity index (χ0) is 9.40. The highest BCUT2D eigenvalue weighted by atomic mass is 32.1. The standard InChI is InChI=1S/C9H14S.C2H6/c1-3-4-5-9-7-6-8(2)10-9;1-2/h6-7H,3-5H2,1-2H3;1-2H3. The van der Waals surface area contributed by atoms with E-state index in [4.69, 9.17) is 0 Å². The molecule has 0 aromatic carbocycles. The maximum atomic E-state index is 2.25. The van der Waals surface area contributed by atoms with Gasteiger partial charge in [0, 0.05) is 9.75 Å². The second-order valence-electron chi connectivity index (χ2n) is 2.62. The fourth-order valence-electron chi connectivity index (χ4n) is 0.970. The first kappa shape index (κ1) is 11.7. The van der Waals surface area contributed by atoms with Crippen LogP contribution in [-0.4, -0.2) is 0 Å². The third kappa shape index (κ3) is 4.55. The molecule has 1 heterocycles. The fourth-order valence-corrected chi connectivity index (χ4v) is 1.90. The Morgan fingerprint density at radius 1 is 1.25 bits per heavy atom. The van der Waals surface area contributed by atoms with Crippen LogP contribution in [0.5, 0.6) is 0 Å². The van der Waals surface area contributed by atoms with E-state index in [0.29, 0.717) is 0 Å². The highest BCUT2D eigenvalue weighted by Gasteiger charge is 1.93. The molecule has 12 heavy (non-hydrogen) atoms. The lowest BCUT2D eigenvalue weighted by Crippen LogP contribution is -1.76. The highest BCUT2D eigenvalue weighted by molar-refractivity contribution is 7.11.